The summed E-state index contributed by atoms with van der Waals surface area (Å²) in [5, 5.41) is 0. The van der Waals surface area contributed by atoms with Crippen molar-refractivity contribution in [2.45, 2.75) is 18.4 Å². The minimum absolute atomic E-state index is 0.162. The number of hydrogen-bond donors (Lipinski definition) is 0. The molecule has 0 N–H and O–H groups in total. The SMILES string of the molecule is C=CCC1(c2ccccc2)C(=C)CCN1c1ccccc1. The zero-order valence-electron chi connectivity index (χ0n) is 12.3. The molecule has 106 valence electrons. The van der Waals surface area contributed by atoms with Gasteiger partial charge in [-0.15, -0.1) is 6.58 Å². The summed E-state index contributed by atoms with van der Waals surface area (Å²) < 4.78 is 0. The van der Waals surface area contributed by atoms with Crippen LogP contribution in [0.2, 0.25) is 0 Å². The van der Waals surface area contributed by atoms with Crippen LogP contribution in [0.5, 0.6) is 0 Å². The molecule has 21 heavy (non-hydrogen) atoms. The van der Waals surface area contributed by atoms with Gasteiger partial charge in [0, 0.05) is 12.2 Å². The fourth-order valence-corrected chi connectivity index (χ4v) is 3.45. The van der Waals surface area contributed by atoms with Gasteiger partial charge in [-0.05, 0) is 36.1 Å². The van der Waals surface area contributed by atoms with Crippen molar-refractivity contribution in [2.75, 3.05) is 11.4 Å². The smallest absolute Gasteiger partial charge is 0.0898 e. The Morgan fingerprint density at radius 3 is 2.24 bits per heavy atom. The summed E-state index contributed by atoms with van der Waals surface area (Å²) in [7, 11) is 0. The average molecular weight is 275 g/mol. The Labute approximate surface area is 127 Å². The molecule has 1 aliphatic rings. The molecule has 2 aromatic rings. The quantitative estimate of drug-likeness (QED) is 0.715. The van der Waals surface area contributed by atoms with Gasteiger partial charge in [-0.1, -0.05) is 61.2 Å². The van der Waals surface area contributed by atoms with Crippen LogP contribution in [0, 0.1) is 0 Å². The summed E-state index contributed by atoms with van der Waals surface area (Å²) in [4.78, 5) is 2.48. The molecule has 1 atom stereocenters. The van der Waals surface area contributed by atoms with Gasteiger partial charge in [0.1, 0.15) is 0 Å². The third-order valence-corrected chi connectivity index (χ3v) is 4.44. The summed E-state index contributed by atoms with van der Waals surface area (Å²) in [5.74, 6) is 0. The summed E-state index contributed by atoms with van der Waals surface area (Å²) >= 11 is 0. The van der Waals surface area contributed by atoms with Crippen LogP contribution in [0.3, 0.4) is 0 Å². The van der Waals surface area contributed by atoms with E-state index in [0.29, 0.717) is 0 Å². The fraction of sp³-hybridized carbons (Fsp3) is 0.200. The van der Waals surface area contributed by atoms with Gasteiger partial charge in [0.15, 0.2) is 0 Å². The van der Waals surface area contributed by atoms with E-state index in [1.807, 2.05) is 6.08 Å². The van der Waals surface area contributed by atoms with E-state index in [2.05, 4.69) is 78.7 Å². The first-order valence-corrected chi connectivity index (χ1v) is 7.46. The average Bonchev–Trinajstić information content (AvgIpc) is 2.87. The number of rotatable bonds is 4. The standard InChI is InChI=1S/C20H21N/c1-3-15-20(18-10-6-4-7-11-18)17(2)14-16-21(20)19-12-8-5-9-13-19/h3-13H,1-2,14-16H2. The molecule has 0 amide bonds. The van der Waals surface area contributed by atoms with E-state index in [4.69, 9.17) is 0 Å². The summed E-state index contributed by atoms with van der Waals surface area (Å²) in [6, 6.07) is 21.3. The van der Waals surface area contributed by atoms with Gasteiger partial charge >= 0.3 is 0 Å². The Kier molecular flexibility index (Phi) is 3.66. The van der Waals surface area contributed by atoms with Crippen molar-refractivity contribution in [3.05, 3.63) is 91.0 Å². The lowest BCUT2D eigenvalue weighted by molar-refractivity contribution is 0.531. The Bertz CT molecular complexity index is 629. The molecule has 0 radical (unpaired) electrons. The van der Waals surface area contributed by atoms with E-state index >= 15 is 0 Å². The number of para-hydroxylation sites is 1. The molecule has 1 unspecified atom stereocenters. The minimum atomic E-state index is -0.162. The summed E-state index contributed by atoms with van der Waals surface area (Å²) in [5.41, 5.74) is 3.67. The fourth-order valence-electron chi connectivity index (χ4n) is 3.45. The lowest BCUT2D eigenvalue weighted by Gasteiger charge is -2.41. The van der Waals surface area contributed by atoms with Crippen LogP contribution >= 0.6 is 0 Å². The molecule has 0 aromatic heterocycles. The Hall–Kier alpha value is -2.28. The van der Waals surface area contributed by atoms with Crippen molar-refractivity contribution in [1.29, 1.82) is 0 Å². The second-order valence-electron chi connectivity index (χ2n) is 5.56. The highest BCUT2D eigenvalue weighted by Gasteiger charge is 2.44. The van der Waals surface area contributed by atoms with Gasteiger partial charge in [0.2, 0.25) is 0 Å². The topological polar surface area (TPSA) is 3.24 Å². The third kappa shape index (κ3) is 2.19. The van der Waals surface area contributed by atoms with Crippen LogP contribution in [0.4, 0.5) is 5.69 Å². The zero-order chi connectivity index (χ0) is 14.7. The van der Waals surface area contributed by atoms with Gasteiger partial charge < -0.3 is 4.90 Å². The highest BCUT2D eigenvalue weighted by molar-refractivity contribution is 5.58. The van der Waals surface area contributed by atoms with Crippen molar-refractivity contribution in [2.24, 2.45) is 0 Å². The molecule has 1 saturated heterocycles. The number of anilines is 1. The first-order chi connectivity index (χ1) is 10.3. The number of benzene rings is 2. The first kappa shape index (κ1) is 13.7. The van der Waals surface area contributed by atoms with Crippen molar-refractivity contribution in [3.63, 3.8) is 0 Å². The normalized spacial score (nSPS) is 21.5. The summed E-state index contributed by atoms with van der Waals surface area (Å²) in [6.45, 7) is 9.38. The molecule has 0 aliphatic carbocycles. The van der Waals surface area contributed by atoms with E-state index in [9.17, 15) is 0 Å². The van der Waals surface area contributed by atoms with Crippen LogP contribution in [0.25, 0.3) is 0 Å². The van der Waals surface area contributed by atoms with Crippen LogP contribution < -0.4 is 4.90 Å². The summed E-state index contributed by atoms with van der Waals surface area (Å²) in [6.07, 6.45) is 3.92. The largest absolute Gasteiger partial charge is 0.357 e. The second-order valence-corrected chi connectivity index (χ2v) is 5.56. The Morgan fingerprint density at radius 2 is 1.62 bits per heavy atom. The van der Waals surface area contributed by atoms with Gasteiger partial charge in [-0.2, -0.15) is 0 Å². The monoisotopic (exact) mass is 275 g/mol. The maximum absolute atomic E-state index is 4.39. The lowest BCUT2D eigenvalue weighted by Crippen LogP contribution is -2.42. The van der Waals surface area contributed by atoms with Crippen LogP contribution in [-0.4, -0.2) is 6.54 Å². The van der Waals surface area contributed by atoms with E-state index in [-0.39, 0.29) is 5.54 Å². The third-order valence-electron chi connectivity index (χ3n) is 4.44. The van der Waals surface area contributed by atoms with Gasteiger partial charge in [0.25, 0.3) is 0 Å². The molecule has 1 aliphatic heterocycles. The maximum atomic E-state index is 4.39. The second kappa shape index (κ2) is 5.61. The molecule has 1 heteroatoms. The molecule has 3 rings (SSSR count). The Balaban J connectivity index is 2.15. The minimum Gasteiger partial charge on any atom is -0.357 e. The first-order valence-electron chi connectivity index (χ1n) is 7.46. The molecular formula is C20H21N. The highest BCUT2D eigenvalue weighted by atomic mass is 15.2. The molecule has 0 saturated carbocycles. The maximum Gasteiger partial charge on any atom is 0.0898 e. The highest BCUT2D eigenvalue weighted by Crippen LogP contribution is 2.47. The van der Waals surface area contributed by atoms with Crippen molar-refractivity contribution < 1.29 is 0 Å². The Morgan fingerprint density at radius 1 is 1.00 bits per heavy atom. The molecule has 1 fully saturated rings. The van der Waals surface area contributed by atoms with Crippen LogP contribution in [0.15, 0.2) is 85.5 Å². The van der Waals surface area contributed by atoms with Gasteiger partial charge in [-0.25, -0.2) is 0 Å². The van der Waals surface area contributed by atoms with Crippen molar-refractivity contribution in [3.8, 4) is 0 Å². The molecule has 2 aromatic carbocycles. The van der Waals surface area contributed by atoms with E-state index in [1.165, 1.54) is 16.8 Å². The van der Waals surface area contributed by atoms with Crippen molar-refractivity contribution >= 4 is 5.69 Å². The predicted molar refractivity (Wildman–Crippen MR) is 90.5 cm³/mol. The zero-order valence-corrected chi connectivity index (χ0v) is 12.3. The van der Waals surface area contributed by atoms with Crippen LogP contribution in [-0.2, 0) is 5.54 Å². The molecule has 1 nitrogen and oxygen atoms in total. The number of hydrogen-bond acceptors (Lipinski definition) is 1. The van der Waals surface area contributed by atoms with Crippen molar-refractivity contribution in [1.82, 2.24) is 0 Å². The molecule has 1 heterocycles. The van der Waals surface area contributed by atoms with E-state index in [0.717, 1.165) is 19.4 Å². The number of nitrogens with zero attached hydrogens (tertiary/aromatic N) is 1. The molecular weight excluding hydrogens is 254 g/mol. The van der Waals surface area contributed by atoms with Crippen LogP contribution in [0.1, 0.15) is 18.4 Å². The van der Waals surface area contributed by atoms with Gasteiger partial charge in [0.05, 0.1) is 5.54 Å². The van der Waals surface area contributed by atoms with Gasteiger partial charge in [-0.3, -0.25) is 0 Å². The predicted octanol–water partition coefficient (Wildman–Crippen LogP) is 4.92. The molecule has 0 bridgehead atoms. The van der Waals surface area contributed by atoms with E-state index in [1.54, 1.807) is 0 Å². The lowest BCUT2D eigenvalue weighted by atomic mass is 9.80. The van der Waals surface area contributed by atoms with E-state index < -0.39 is 0 Å². The molecule has 0 spiro atoms.